The van der Waals surface area contributed by atoms with Crippen LogP contribution in [0.2, 0.25) is 0 Å². The van der Waals surface area contributed by atoms with E-state index in [2.05, 4.69) is 20.6 Å². The molecule has 0 aliphatic carbocycles. The Morgan fingerprint density at radius 2 is 1.92 bits per heavy atom. The van der Waals surface area contributed by atoms with Gasteiger partial charge in [-0.2, -0.15) is 0 Å². The maximum absolute atomic E-state index is 10.7. The van der Waals surface area contributed by atoms with Gasteiger partial charge in [0.25, 0.3) is 5.69 Å². The Kier molecular flexibility index (Phi) is 4.51. The lowest BCUT2D eigenvalue weighted by Gasteiger charge is -2.10. The van der Waals surface area contributed by atoms with Crippen LogP contribution in [-0.4, -0.2) is 28.0 Å². The van der Waals surface area contributed by atoms with E-state index in [1.54, 1.807) is 6.92 Å². The van der Waals surface area contributed by atoms with E-state index in [4.69, 9.17) is 0 Å². The van der Waals surface area contributed by atoms with Crippen LogP contribution in [0.1, 0.15) is 5.56 Å². The Morgan fingerprint density at radius 1 is 1.12 bits per heavy atom. The summed E-state index contributed by atoms with van der Waals surface area (Å²) in [5.41, 5.74) is 1.69. The van der Waals surface area contributed by atoms with Gasteiger partial charge in [0.05, 0.1) is 10.4 Å². The molecular formula is C17H17N5O2. The van der Waals surface area contributed by atoms with Crippen molar-refractivity contribution in [3.8, 4) is 0 Å². The van der Waals surface area contributed by atoms with Crippen LogP contribution in [0.4, 0.5) is 17.3 Å². The number of rotatable bonds is 6. The highest BCUT2D eigenvalue weighted by Gasteiger charge is 2.08. The van der Waals surface area contributed by atoms with Crippen molar-refractivity contribution in [3.05, 3.63) is 64.3 Å². The molecule has 0 saturated carbocycles. The SMILES string of the molecule is Cc1cc([N+](=O)[O-])cnc1NCCNc1ccc2ccccc2n1. The number of fused-ring (bicyclic) bond motifs is 1. The molecule has 2 N–H and O–H groups in total. The first-order valence-electron chi connectivity index (χ1n) is 7.58. The molecule has 0 aliphatic heterocycles. The van der Waals surface area contributed by atoms with E-state index >= 15 is 0 Å². The molecule has 1 aromatic carbocycles. The molecule has 3 rings (SSSR count). The van der Waals surface area contributed by atoms with Gasteiger partial charge in [0.2, 0.25) is 0 Å². The molecule has 24 heavy (non-hydrogen) atoms. The summed E-state index contributed by atoms with van der Waals surface area (Å²) in [5, 5.41) is 18.2. The standard InChI is InChI=1S/C17H17N5O2/c1-12-10-14(22(23)24)11-20-17(12)19-9-8-18-16-7-6-13-4-2-3-5-15(13)21-16/h2-7,10-11H,8-9H2,1H3,(H,18,21)(H,19,20). The van der Waals surface area contributed by atoms with Crippen LogP contribution in [0.25, 0.3) is 10.9 Å². The summed E-state index contributed by atoms with van der Waals surface area (Å²) in [6, 6.07) is 13.4. The third kappa shape index (κ3) is 3.57. The molecule has 0 aliphatic rings. The van der Waals surface area contributed by atoms with Gasteiger partial charge in [0, 0.05) is 24.5 Å². The summed E-state index contributed by atoms with van der Waals surface area (Å²) < 4.78 is 0. The predicted octanol–water partition coefficient (Wildman–Crippen LogP) is 3.37. The van der Waals surface area contributed by atoms with Gasteiger partial charge >= 0.3 is 0 Å². The normalized spacial score (nSPS) is 10.5. The van der Waals surface area contributed by atoms with Gasteiger partial charge in [-0.1, -0.05) is 18.2 Å². The highest BCUT2D eigenvalue weighted by Crippen LogP contribution is 2.18. The molecule has 0 atom stereocenters. The molecule has 2 aromatic heterocycles. The average Bonchev–Trinajstić information content (AvgIpc) is 2.59. The Labute approximate surface area is 138 Å². The maximum Gasteiger partial charge on any atom is 0.287 e. The summed E-state index contributed by atoms with van der Waals surface area (Å²) in [7, 11) is 0. The first kappa shape index (κ1) is 15.7. The Morgan fingerprint density at radius 3 is 2.71 bits per heavy atom. The van der Waals surface area contributed by atoms with Crippen LogP contribution in [0.15, 0.2) is 48.7 Å². The molecule has 0 radical (unpaired) electrons. The third-order valence-electron chi connectivity index (χ3n) is 3.60. The van der Waals surface area contributed by atoms with Crippen LogP contribution in [0.5, 0.6) is 0 Å². The molecular weight excluding hydrogens is 306 g/mol. The number of aromatic nitrogens is 2. The van der Waals surface area contributed by atoms with E-state index in [1.807, 2.05) is 36.4 Å². The molecule has 7 nitrogen and oxygen atoms in total. The van der Waals surface area contributed by atoms with E-state index in [1.165, 1.54) is 12.3 Å². The minimum absolute atomic E-state index is 0.00320. The first-order valence-corrected chi connectivity index (χ1v) is 7.58. The third-order valence-corrected chi connectivity index (χ3v) is 3.60. The number of pyridine rings is 2. The lowest BCUT2D eigenvalue weighted by molar-refractivity contribution is -0.385. The fraction of sp³-hybridized carbons (Fsp3) is 0.176. The fourth-order valence-corrected chi connectivity index (χ4v) is 2.38. The smallest absolute Gasteiger partial charge is 0.287 e. The number of hydrogen-bond acceptors (Lipinski definition) is 6. The minimum atomic E-state index is -0.448. The van der Waals surface area contributed by atoms with Gasteiger partial charge in [0.15, 0.2) is 0 Å². The van der Waals surface area contributed by atoms with E-state index < -0.39 is 4.92 Å². The maximum atomic E-state index is 10.7. The largest absolute Gasteiger partial charge is 0.368 e. The number of para-hydroxylation sites is 1. The number of benzene rings is 1. The van der Waals surface area contributed by atoms with Crippen molar-refractivity contribution in [1.29, 1.82) is 0 Å². The number of nitrogens with zero attached hydrogens (tertiary/aromatic N) is 3. The molecule has 0 saturated heterocycles. The van der Waals surface area contributed by atoms with Gasteiger partial charge in [-0.25, -0.2) is 9.97 Å². The molecule has 0 unspecified atom stereocenters. The molecule has 7 heteroatoms. The summed E-state index contributed by atoms with van der Waals surface area (Å²) in [6.07, 6.45) is 1.26. The second-order valence-corrected chi connectivity index (χ2v) is 5.36. The molecule has 122 valence electrons. The van der Waals surface area contributed by atoms with Crippen molar-refractivity contribution < 1.29 is 4.92 Å². The van der Waals surface area contributed by atoms with Gasteiger partial charge in [0.1, 0.15) is 17.8 Å². The van der Waals surface area contributed by atoms with Crippen molar-refractivity contribution in [2.75, 3.05) is 23.7 Å². The number of nitro groups is 1. The second-order valence-electron chi connectivity index (χ2n) is 5.36. The lowest BCUT2D eigenvalue weighted by Crippen LogP contribution is -2.15. The zero-order chi connectivity index (χ0) is 16.9. The predicted molar refractivity (Wildman–Crippen MR) is 94.4 cm³/mol. The zero-order valence-electron chi connectivity index (χ0n) is 13.2. The van der Waals surface area contributed by atoms with Gasteiger partial charge < -0.3 is 10.6 Å². The Balaban J connectivity index is 1.55. The Bertz CT molecular complexity index is 882. The summed E-state index contributed by atoms with van der Waals surface area (Å²) in [4.78, 5) is 18.9. The number of anilines is 2. The first-order chi connectivity index (χ1) is 11.6. The van der Waals surface area contributed by atoms with Crippen molar-refractivity contribution in [1.82, 2.24) is 9.97 Å². The monoisotopic (exact) mass is 323 g/mol. The second kappa shape index (κ2) is 6.91. The molecule has 0 bridgehead atoms. The molecule has 0 amide bonds. The molecule has 0 spiro atoms. The number of nitrogens with one attached hydrogen (secondary N) is 2. The fourth-order valence-electron chi connectivity index (χ4n) is 2.38. The minimum Gasteiger partial charge on any atom is -0.368 e. The van der Waals surface area contributed by atoms with Gasteiger partial charge in [-0.05, 0) is 30.7 Å². The highest BCUT2D eigenvalue weighted by molar-refractivity contribution is 5.80. The number of hydrogen-bond donors (Lipinski definition) is 2. The van der Waals surface area contributed by atoms with Crippen LogP contribution in [0.3, 0.4) is 0 Å². The van der Waals surface area contributed by atoms with E-state index in [-0.39, 0.29) is 5.69 Å². The van der Waals surface area contributed by atoms with Crippen molar-refractivity contribution in [2.24, 2.45) is 0 Å². The zero-order valence-corrected chi connectivity index (χ0v) is 13.2. The summed E-state index contributed by atoms with van der Waals surface area (Å²) >= 11 is 0. The van der Waals surface area contributed by atoms with E-state index in [0.717, 1.165) is 22.3 Å². The molecule has 2 heterocycles. The quantitative estimate of drug-likeness (QED) is 0.410. The average molecular weight is 323 g/mol. The summed E-state index contributed by atoms with van der Waals surface area (Å²) in [5.74, 6) is 1.46. The highest BCUT2D eigenvalue weighted by atomic mass is 16.6. The van der Waals surface area contributed by atoms with Crippen molar-refractivity contribution in [3.63, 3.8) is 0 Å². The van der Waals surface area contributed by atoms with E-state index in [9.17, 15) is 10.1 Å². The van der Waals surface area contributed by atoms with E-state index in [0.29, 0.717) is 18.9 Å². The number of aryl methyl sites for hydroxylation is 1. The lowest BCUT2D eigenvalue weighted by atomic mass is 10.2. The molecule has 3 aromatic rings. The van der Waals surface area contributed by atoms with Crippen LogP contribution < -0.4 is 10.6 Å². The van der Waals surface area contributed by atoms with Crippen molar-refractivity contribution in [2.45, 2.75) is 6.92 Å². The van der Waals surface area contributed by atoms with Crippen LogP contribution in [-0.2, 0) is 0 Å². The van der Waals surface area contributed by atoms with Gasteiger partial charge in [-0.15, -0.1) is 0 Å². The molecule has 0 fully saturated rings. The Hall–Kier alpha value is -3.22. The van der Waals surface area contributed by atoms with Gasteiger partial charge in [-0.3, -0.25) is 10.1 Å². The van der Waals surface area contributed by atoms with Crippen LogP contribution in [0, 0.1) is 17.0 Å². The summed E-state index contributed by atoms with van der Waals surface area (Å²) in [6.45, 7) is 3.07. The van der Waals surface area contributed by atoms with Crippen molar-refractivity contribution >= 4 is 28.2 Å². The van der Waals surface area contributed by atoms with Crippen LogP contribution >= 0.6 is 0 Å². The topological polar surface area (TPSA) is 93.0 Å².